The Hall–Kier alpha value is -1.82. The number of hydrogen-bond donors (Lipinski definition) is 0. The van der Waals surface area contributed by atoms with Crippen LogP contribution in [0.4, 0.5) is 4.39 Å². The molecule has 0 radical (unpaired) electrons. The highest BCUT2D eigenvalue weighted by atomic mass is 19.1. The number of allylic oxidation sites excluding steroid dienone is 1. The Morgan fingerprint density at radius 3 is 2.64 bits per heavy atom. The first kappa shape index (κ1) is 10.3. The van der Waals surface area contributed by atoms with Crippen molar-refractivity contribution < 1.29 is 9.13 Å². The average Bonchev–Trinajstić information content (AvgIpc) is 2.21. The van der Waals surface area contributed by atoms with Crippen LogP contribution in [-0.4, -0.2) is 6.61 Å². The number of rotatable bonds is 3. The standard InChI is InChI=1S/C11H10FNO/c1-2-14-8-10(7-13)9-3-5-11(12)6-4-9/h3-6,8H,2H2,1H3/b10-8-. The molecule has 0 heterocycles. The van der Waals surface area contributed by atoms with Gasteiger partial charge in [0.15, 0.2) is 0 Å². The summed E-state index contributed by atoms with van der Waals surface area (Å²) in [5, 5.41) is 8.78. The van der Waals surface area contributed by atoms with Crippen molar-refractivity contribution in [2.24, 2.45) is 0 Å². The van der Waals surface area contributed by atoms with Crippen LogP contribution in [0.1, 0.15) is 12.5 Å². The van der Waals surface area contributed by atoms with E-state index in [1.807, 2.05) is 13.0 Å². The van der Waals surface area contributed by atoms with Gasteiger partial charge in [0.25, 0.3) is 0 Å². The summed E-state index contributed by atoms with van der Waals surface area (Å²) >= 11 is 0. The molecule has 0 saturated carbocycles. The first-order valence-corrected chi connectivity index (χ1v) is 4.25. The molecule has 0 saturated heterocycles. The van der Waals surface area contributed by atoms with Gasteiger partial charge in [0, 0.05) is 0 Å². The lowest BCUT2D eigenvalue weighted by Gasteiger charge is -1.99. The number of ether oxygens (including phenoxy) is 1. The van der Waals surface area contributed by atoms with Gasteiger partial charge in [-0.2, -0.15) is 5.26 Å². The highest BCUT2D eigenvalue weighted by Gasteiger charge is 2.00. The van der Waals surface area contributed by atoms with Crippen molar-refractivity contribution in [3.8, 4) is 6.07 Å². The van der Waals surface area contributed by atoms with Crippen molar-refractivity contribution in [3.63, 3.8) is 0 Å². The molecule has 0 bridgehead atoms. The van der Waals surface area contributed by atoms with Gasteiger partial charge in [-0.05, 0) is 24.6 Å². The van der Waals surface area contributed by atoms with E-state index in [4.69, 9.17) is 10.00 Å². The predicted molar refractivity (Wildman–Crippen MR) is 51.6 cm³/mol. The topological polar surface area (TPSA) is 33.0 Å². The van der Waals surface area contributed by atoms with Crippen LogP contribution in [0.25, 0.3) is 5.57 Å². The zero-order valence-corrected chi connectivity index (χ0v) is 7.83. The normalized spacial score (nSPS) is 10.8. The van der Waals surface area contributed by atoms with Gasteiger partial charge in [0.2, 0.25) is 0 Å². The van der Waals surface area contributed by atoms with E-state index < -0.39 is 0 Å². The van der Waals surface area contributed by atoms with Gasteiger partial charge in [0.1, 0.15) is 18.1 Å². The molecule has 14 heavy (non-hydrogen) atoms. The van der Waals surface area contributed by atoms with E-state index in [-0.39, 0.29) is 5.82 Å². The Morgan fingerprint density at radius 2 is 2.14 bits per heavy atom. The van der Waals surface area contributed by atoms with E-state index in [0.717, 1.165) is 0 Å². The molecule has 0 amide bonds. The van der Waals surface area contributed by atoms with Crippen LogP contribution in [0.3, 0.4) is 0 Å². The Kier molecular flexibility index (Phi) is 3.69. The summed E-state index contributed by atoms with van der Waals surface area (Å²) in [4.78, 5) is 0. The Labute approximate surface area is 82.2 Å². The van der Waals surface area contributed by atoms with Gasteiger partial charge in [0.05, 0.1) is 12.2 Å². The molecule has 0 atom stereocenters. The molecule has 2 nitrogen and oxygen atoms in total. The van der Waals surface area contributed by atoms with Gasteiger partial charge < -0.3 is 4.74 Å². The number of nitriles is 1. The molecule has 0 unspecified atom stereocenters. The third-order valence-electron chi connectivity index (χ3n) is 1.64. The fraction of sp³-hybridized carbons (Fsp3) is 0.182. The summed E-state index contributed by atoms with van der Waals surface area (Å²) in [6.45, 7) is 2.34. The van der Waals surface area contributed by atoms with Gasteiger partial charge >= 0.3 is 0 Å². The number of nitrogens with zero attached hydrogens (tertiary/aromatic N) is 1. The number of hydrogen-bond acceptors (Lipinski definition) is 2. The van der Waals surface area contributed by atoms with Crippen molar-refractivity contribution in [1.82, 2.24) is 0 Å². The Bertz CT molecular complexity index is 362. The maximum Gasteiger partial charge on any atom is 0.123 e. The second-order valence-corrected chi connectivity index (χ2v) is 2.61. The van der Waals surface area contributed by atoms with E-state index in [1.165, 1.54) is 18.4 Å². The lowest BCUT2D eigenvalue weighted by atomic mass is 10.1. The van der Waals surface area contributed by atoms with Gasteiger partial charge in [-0.1, -0.05) is 12.1 Å². The molecule has 0 spiro atoms. The first-order chi connectivity index (χ1) is 6.77. The maximum atomic E-state index is 12.6. The van der Waals surface area contributed by atoms with Gasteiger partial charge in [-0.15, -0.1) is 0 Å². The molecular formula is C11H10FNO. The van der Waals surface area contributed by atoms with Crippen LogP contribution < -0.4 is 0 Å². The maximum absolute atomic E-state index is 12.6. The third-order valence-corrected chi connectivity index (χ3v) is 1.64. The monoisotopic (exact) mass is 191 g/mol. The molecule has 0 aliphatic carbocycles. The molecule has 1 rings (SSSR count). The van der Waals surface area contributed by atoms with Crippen molar-refractivity contribution in [3.05, 3.63) is 41.9 Å². The highest BCUT2D eigenvalue weighted by Crippen LogP contribution is 2.13. The number of benzene rings is 1. The zero-order valence-electron chi connectivity index (χ0n) is 7.83. The van der Waals surface area contributed by atoms with Crippen molar-refractivity contribution >= 4 is 5.57 Å². The summed E-state index contributed by atoms with van der Waals surface area (Å²) in [7, 11) is 0. The summed E-state index contributed by atoms with van der Waals surface area (Å²) in [6, 6.07) is 7.70. The molecule has 0 fully saturated rings. The minimum atomic E-state index is -0.317. The highest BCUT2D eigenvalue weighted by molar-refractivity contribution is 5.75. The quantitative estimate of drug-likeness (QED) is 0.543. The van der Waals surface area contributed by atoms with Crippen LogP contribution in [-0.2, 0) is 4.74 Å². The molecule has 0 aliphatic heterocycles. The van der Waals surface area contributed by atoms with Crippen molar-refractivity contribution in [2.45, 2.75) is 6.92 Å². The summed E-state index contributed by atoms with van der Waals surface area (Å²) in [5.41, 5.74) is 1.05. The van der Waals surface area contributed by atoms with Crippen LogP contribution in [0.5, 0.6) is 0 Å². The third kappa shape index (κ3) is 2.60. The van der Waals surface area contributed by atoms with Crippen LogP contribution in [0, 0.1) is 17.1 Å². The van der Waals surface area contributed by atoms with Crippen molar-refractivity contribution in [1.29, 1.82) is 5.26 Å². The van der Waals surface area contributed by atoms with E-state index in [1.54, 1.807) is 12.1 Å². The molecule has 0 aromatic heterocycles. The van der Waals surface area contributed by atoms with E-state index >= 15 is 0 Å². The molecule has 1 aromatic rings. The second-order valence-electron chi connectivity index (χ2n) is 2.61. The summed E-state index contributed by atoms with van der Waals surface area (Å²) < 4.78 is 17.6. The van der Waals surface area contributed by atoms with Gasteiger partial charge in [-0.25, -0.2) is 4.39 Å². The first-order valence-electron chi connectivity index (χ1n) is 4.25. The minimum absolute atomic E-state index is 0.317. The van der Waals surface area contributed by atoms with Crippen LogP contribution >= 0.6 is 0 Å². The fourth-order valence-electron chi connectivity index (χ4n) is 0.955. The zero-order chi connectivity index (χ0) is 10.4. The molecule has 1 aromatic carbocycles. The smallest absolute Gasteiger partial charge is 0.123 e. The van der Waals surface area contributed by atoms with E-state index in [2.05, 4.69) is 0 Å². The molecule has 72 valence electrons. The second kappa shape index (κ2) is 5.03. The SMILES string of the molecule is CCO/C=C(/C#N)c1ccc(F)cc1. The lowest BCUT2D eigenvalue weighted by Crippen LogP contribution is -1.85. The summed E-state index contributed by atoms with van der Waals surface area (Å²) in [6.07, 6.45) is 1.38. The largest absolute Gasteiger partial charge is 0.500 e. The van der Waals surface area contributed by atoms with Crippen LogP contribution in [0.15, 0.2) is 30.5 Å². The average molecular weight is 191 g/mol. The Morgan fingerprint density at radius 1 is 1.50 bits per heavy atom. The van der Waals surface area contributed by atoms with E-state index in [0.29, 0.717) is 17.7 Å². The summed E-state index contributed by atoms with van der Waals surface area (Å²) in [5.74, 6) is -0.317. The predicted octanol–water partition coefficient (Wildman–Crippen LogP) is 2.73. The molecule has 0 aliphatic rings. The molecule has 3 heteroatoms. The fourth-order valence-corrected chi connectivity index (χ4v) is 0.955. The van der Waals surface area contributed by atoms with E-state index in [9.17, 15) is 4.39 Å². The molecule has 0 N–H and O–H groups in total. The van der Waals surface area contributed by atoms with Crippen LogP contribution in [0.2, 0.25) is 0 Å². The van der Waals surface area contributed by atoms with Crippen molar-refractivity contribution in [2.75, 3.05) is 6.61 Å². The molecular weight excluding hydrogens is 181 g/mol. The van der Waals surface area contributed by atoms with Gasteiger partial charge in [-0.3, -0.25) is 0 Å². The Balaban J connectivity index is 2.91. The lowest BCUT2D eigenvalue weighted by molar-refractivity contribution is 0.271. The minimum Gasteiger partial charge on any atom is -0.500 e. The number of halogens is 1.